The minimum Gasteiger partial charge on any atom is -0.383 e. The Labute approximate surface area is 196 Å². The van der Waals surface area contributed by atoms with Gasteiger partial charge >= 0.3 is 11.9 Å². The largest absolute Gasteiger partial charge is 0.411 e. The van der Waals surface area contributed by atoms with Crippen molar-refractivity contribution >= 4 is 17.4 Å². The molecule has 0 aliphatic carbocycles. The van der Waals surface area contributed by atoms with E-state index in [0.29, 0.717) is 52.1 Å². The lowest BCUT2D eigenvalue weighted by molar-refractivity contribution is -0.174. The molecule has 10 nitrogen and oxygen atoms in total. The van der Waals surface area contributed by atoms with E-state index in [1.807, 2.05) is 11.8 Å². The number of nitrogens with zero attached hydrogens (tertiary/aromatic N) is 4. The molecular formula is C21H35F3N6O4. The van der Waals surface area contributed by atoms with Crippen molar-refractivity contribution in [3.05, 3.63) is 20.8 Å². The van der Waals surface area contributed by atoms with Gasteiger partial charge in [-0.2, -0.15) is 13.2 Å². The summed E-state index contributed by atoms with van der Waals surface area (Å²) in [5, 5.41) is 0. The molecule has 0 atom stereocenters. The van der Waals surface area contributed by atoms with E-state index in [9.17, 15) is 27.6 Å². The predicted octanol–water partition coefficient (Wildman–Crippen LogP) is 0.858. The molecular weight excluding hydrogens is 457 g/mol. The molecule has 1 amide bonds. The number of ether oxygens (including phenoxy) is 1. The molecule has 2 heterocycles. The highest BCUT2D eigenvalue weighted by Gasteiger charge is 2.28. The Morgan fingerprint density at radius 3 is 2.32 bits per heavy atom. The summed E-state index contributed by atoms with van der Waals surface area (Å²) in [5.74, 6) is -0.315. The lowest BCUT2D eigenvalue weighted by atomic mass is 10.2. The first-order valence-electron chi connectivity index (χ1n) is 11.6. The number of halogens is 3. The molecule has 0 unspecified atom stereocenters. The lowest BCUT2D eigenvalue weighted by Crippen LogP contribution is -2.51. The van der Waals surface area contributed by atoms with Crippen LogP contribution < -0.4 is 21.9 Å². The molecule has 1 fully saturated rings. The Hall–Kier alpha value is -2.38. The number of rotatable bonds is 12. The fourth-order valence-electron chi connectivity index (χ4n) is 3.86. The van der Waals surface area contributed by atoms with Crippen molar-refractivity contribution in [2.45, 2.75) is 45.8 Å². The molecule has 194 valence electrons. The predicted molar refractivity (Wildman–Crippen MR) is 123 cm³/mol. The summed E-state index contributed by atoms with van der Waals surface area (Å²) < 4.78 is 42.2. The SMILES string of the molecule is CCCCn1c(N)c(N(CC)C(=O)CN2CCN(CCCOCC(F)(F)F)CC2)c(=O)[nH]c1=O. The average Bonchev–Trinajstić information content (AvgIpc) is 2.76. The number of H-pyrrole nitrogens is 1. The Bertz CT molecular complexity index is 909. The highest BCUT2D eigenvalue weighted by molar-refractivity contribution is 5.96. The van der Waals surface area contributed by atoms with Gasteiger partial charge in [0.2, 0.25) is 5.91 Å². The first-order chi connectivity index (χ1) is 16.1. The summed E-state index contributed by atoms with van der Waals surface area (Å²) >= 11 is 0. The van der Waals surface area contributed by atoms with Gasteiger partial charge in [0.05, 0.1) is 6.54 Å². The smallest absolute Gasteiger partial charge is 0.383 e. The molecule has 1 saturated heterocycles. The Morgan fingerprint density at radius 2 is 1.74 bits per heavy atom. The number of nitrogen functional groups attached to an aromatic ring is 1. The quantitative estimate of drug-likeness (QED) is 0.416. The van der Waals surface area contributed by atoms with E-state index < -0.39 is 24.0 Å². The maximum Gasteiger partial charge on any atom is 0.411 e. The number of nitrogens with one attached hydrogen (secondary N) is 1. The monoisotopic (exact) mass is 492 g/mol. The third kappa shape index (κ3) is 8.13. The molecule has 0 bridgehead atoms. The van der Waals surface area contributed by atoms with E-state index in [0.717, 1.165) is 6.42 Å². The molecule has 2 rings (SSSR count). The van der Waals surface area contributed by atoms with E-state index in [1.165, 1.54) is 9.47 Å². The number of aromatic nitrogens is 2. The van der Waals surface area contributed by atoms with Crippen molar-refractivity contribution in [3.63, 3.8) is 0 Å². The minimum absolute atomic E-state index is 0.0132. The van der Waals surface area contributed by atoms with Crippen molar-refractivity contribution in [2.75, 3.05) is 69.7 Å². The van der Waals surface area contributed by atoms with Crippen molar-refractivity contribution < 1.29 is 22.7 Å². The van der Waals surface area contributed by atoms with E-state index in [4.69, 9.17) is 5.73 Å². The molecule has 34 heavy (non-hydrogen) atoms. The summed E-state index contributed by atoms with van der Waals surface area (Å²) in [6.45, 7) is 6.33. The molecule has 0 aromatic carbocycles. The highest BCUT2D eigenvalue weighted by Crippen LogP contribution is 2.18. The van der Waals surface area contributed by atoms with Crippen LogP contribution >= 0.6 is 0 Å². The number of carbonyl (C=O) groups is 1. The van der Waals surface area contributed by atoms with Crippen LogP contribution in [0, 0.1) is 0 Å². The summed E-state index contributed by atoms with van der Waals surface area (Å²) in [6.07, 6.45) is -2.28. The molecule has 0 spiro atoms. The van der Waals surface area contributed by atoms with Crippen LogP contribution in [-0.4, -0.2) is 90.5 Å². The number of hydrogen-bond donors (Lipinski definition) is 2. The van der Waals surface area contributed by atoms with Crippen LogP contribution in [0.4, 0.5) is 24.7 Å². The van der Waals surface area contributed by atoms with Gasteiger partial charge in [0.25, 0.3) is 5.56 Å². The molecule has 1 aliphatic rings. The van der Waals surface area contributed by atoms with Crippen LogP contribution in [-0.2, 0) is 16.1 Å². The zero-order valence-electron chi connectivity index (χ0n) is 19.8. The van der Waals surface area contributed by atoms with Gasteiger partial charge in [-0.15, -0.1) is 0 Å². The third-order valence-electron chi connectivity index (χ3n) is 5.69. The van der Waals surface area contributed by atoms with Gasteiger partial charge in [0.1, 0.15) is 12.4 Å². The van der Waals surface area contributed by atoms with Crippen molar-refractivity contribution in [3.8, 4) is 0 Å². The van der Waals surface area contributed by atoms with Crippen LogP contribution in [0.1, 0.15) is 33.1 Å². The van der Waals surface area contributed by atoms with Gasteiger partial charge in [-0.05, 0) is 19.8 Å². The zero-order chi connectivity index (χ0) is 25.3. The van der Waals surface area contributed by atoms with Gasteiger partial charge in [-0.1, -0.05) is 13.3 Å². The lowest BCUT2D eigenvalue weighted by Gasteiger charge is -2.35. The topological polar surface area (TPSA) is 117 Å². The number of carbonyl (C=O) groups excluding carboxylic acids is 1. The number of unbranched alkanes of at least 4 members (excludes halogenated alkanes) is 1. The summed E-state index contributed by atoms with van der Waals surface area (Å²) in [5.41, 5.74) is 4.84. The number of anilines is 2. The van der Waals surface area contributed by atoms with Crippen LogP contribution in [0.25, 0.3) is 0 Å². The normalized spacial score (nSPS) is 15.6. The second kappa shape index (κ2) is 12.9. The van der Waals surface area contributed by atoms with E-state index >= 15 is 0 Å². The summed E-state index contributed by atoms with van der Waals surface area (Å²) in [6, 6.07) is 0. The third-order valence-corrected chi connectivity index (χ3v) is 5.69. The fourth-order valence-corrected chi connectivity index (χ4v) is 3.86. The number of amides is 1. The second-order valence-corrected chi connectivity index (χ2v) is 8.28. The fraction of sp³-hybridized carbons (Fsp3) is 0.762. The van der Waals surface area contributed by atoms with Crippen molar-refractivity contribution in [2.24, 2.45) is 0 Å². The number of piperazine rings is 1. The minimum atomic E-state index is -4.31. The number of alkyl halides is 3. The first-order valence-corrected chi connectivity index (χ1v) is 11.6. The van der Waals surface area contributed by atoms with Gasteiger partial charge in [-0.3, -0.25) is 24.0 Å². The van der Waals surface area contributed by atoms with Crippen LogP contribution in [0.15, 0.2) is 9.59 Å². The summed E-state index contributed by atoms with van der Waals surface area (Å²) in [7, 11) is 0. The molecule has 0 saturated carbocycles. The maximum atomic E-state index is 13.0. The molecule has 1 aliphatic heterocycles. The van der Waals surface area contributed by atoms with Crippen LogP contribution in [0.3, 0.4) is 0 Å². The number of likely N-dealkylation sites (N-methyl/N-ethyl adjacent to an activating group) is 1. The van der Waals surface area contributed by atoms with Crippen LogP contribution in [0.5, 0.6) is 0 Å². The number of hydrogen-bond acceptors (Lipinski definition) is 7. The average molecular weight is 493 g/mol. The zero-order valence-corrected chi connectivity index (χ0v) is 19.8. The highest BCUT2D eigenvalue weighted by atomic mass is 19.4. The second-order valence-electron chi connectivity index (χ2n) is 8.28. The number of nitrogens with two attached hydrogens (primary N) is 1. The van der Waals surface area contributed by atoms with Crippen molar-refractivity contribution in [1.29, 1.82) is 0 Å². The Balaban J connectivity index is 1.91. The maximum absolute atomic E-state index is 13.0. The first kappa shape index (κ1) is 27.9. The molecule has 13 heteroatoms. The van der Waals surface area contributed by atoms with Gasteiger partial charge in [-0.25, -0.2) is 4.79 Å². The standard InChI is InChI=1S/C21H35F3N6O4/c1-3-5-8-30-18(25)17(19(32)26-20(30)33)29(4-2)16(31)14-28-11-9-27(10-12-28)7-6-13-34-15-21(22,23)24/h3-15,25H2,1-2H3,(H,26,32,33). The number of aromatic amines is 1. The van der Waals surface area contributed by atoms with Crippen LogP contribution in [0.2, 0.25) is 0 Å². The van der Waals surface area contributed by atoms with Crippen molar-refractivity contribution in [1.82, 2.24) is 19.4 Å². The van der Waals surface area contributed by atoms with Gasteiger partial charge in [0.15, 0.2) is 5.69 Å². The van der Waals surface area contributed by atoms with Gasteiger partial charge in [0, 0.05) is 52.4 Å². The Kier molecular flexibility index (Phi) is 10.6. The molecule has 0 radical (unpaired) electrons. The molecule has 3 N–H and O–H groups in total. The molecule has 1 aromatic rings. The van der Waals surface area contributed by atoms with Gasteiger partial charge < -0.3 is 20.3 Å². The van der Waals surface area contributed by atoms with E-state index in [-0.39, 0.29) is 37.1 Å². The summed E-state index contributed by atoms with van der Waals surface area (Å²) in [4.78, 5) is 45.3. The molecule has 1 aromatic heterocycles. The Morgan fingerprint density at radius 1 is 1.09 bits per heavy atom. The van der Waals surface area contributed by atoms with E-state index in [1.54, 1.807) is 6.92 Å². The van der Waals surface area contributed by atoms with E-state index in [2.05, 4.69) is 14.6 Å².